The number of aromatic amines is 1. The molecule has 4 nitrogen and oxygen atoms in total. The van der Waals surface area contributed by atoms with Crippen molar-refractivity contribution >= 4 is 0 Å². The highest BCUT2D eigenvalue weighted by Gasteiger charge is 2.19. The predicted octanol–water partition coefficient (Wildman–Crippen LogP) is 1.12. The molecule has 1 atom stereocenters. The molecule has 1 heterocycles. The van der Waals surface area contributed by atoms with E-state index in [0.717, 1.165) is 11.6 Å². The molecule has 12 heavy (non-hydrogen) atoms. The van der Waals surface area contributed by atoms with E-state index in [-0.39, 0.29) is 11.5 Å². The minimum absolute atomic E-state index is 0.0103. The van der Waals surface area contributed by atoms with E-state index in [1.165, 1.54) is 0 Å². The Morgan fingerprint density at radius 2 is 2.00 bits per heavy atom. The normalized spacial score (nSPS) is 14.8. The van der Waals surface area contributed by atoms with E-state index < -0.39 is 0 Å². The van der Waals surface area contributed by atoms with Crippen LogP contribution >= 0.6 is 0 Å². The molecular weight excluding hydrogens is 152 g/mol. The third-order valence-corrected chi connectivity index (χ3v) is 1.60. The van der Waals surface area contributed by atoms with Crippen LogP contribution in [0.1, 0.15) is 45.4 Å². The van der Waals surface area contributed by atoms with E-state index in [9.17, 15) is 0 Å². The molecule has 0 aliphatic heterocycles. The average molecular weight is 168 g/mol. The number of H-pyrrole nitrogens is 1. The lowest BCUT2D eigenvalue weighted by molar-refractivity contribution is 0.547. The highest BCUT2D eigenvalue weighted by Crippen LogP contribution is 2.18. The molecule has 0 unspecified atom stereocenters. The first-order chi connectivity index (χ1) is 5.41. The second-order valence-corrected chi connectivity index (χ2v) is 4.08. The zero-order valence-electron chi connectivity index (χ0n) is 8.05. The van der Waals surface area contributed by atoms with Crippen molar-refractivity contribution < 1.29 is 0 Å². The maximum Gasteiger partial charge on any atom is 0.156 e. The lowest BCUT2D eigenvalue weighted by Crippen LogP contribution is -2.14. The Kier molecular flexibility index (Phi) is 2.19. The summed E-state index contributed by atoms with van der Waals surface area (Å²) >= 11 is 0. The molecule has 0 aliphatic rings. The van der Waals surface area contributed by atoms with Crippen LogP contribution in [0.4, 0.5) is 0 Å². The molecule has 1 aromatic heterocycles. The fourth-order valence-electron chi connectivity index (χ4n) is 0.813. The molecule has 68 valence electrons. The number of nitrogens with two attached hydrogens (primary N) is 1. The van der Waals surface area contributed by atoms with Gasteiger partial charge in [-0.05, 0) is 6.92 Å². The topological polar surface area (TPSA) is 67.6 Å². The largest absolute Gasteiger partial charge is 0.322 e. The summed E-state index contributed by atoms with van der Waals surface area (Å²) in [5, 5.41) is 6.92. The highest BCUT2D eigenvalue weighted by atomic mass is 15.2. The Morgan fingerprint density at radius 1 is 1.42 bits per heavy atom. The van der Waals surface area contributed by atoms with Crippen molar-refractivity contribution in [3.8, 4) is 0 Å². The van der Waals surface area contributed by atoms with Gasteiger partial charge >= 0.3 is 0 Å². The number of nitrogens with one attached hydrogen (secondary N) is 1. The maximum atomic E-state index is 5.64. The summed E-state index contributed by atoms with van der Waals surface area (Å²) in [7, 11) is 0. The smallest absolute Gasteiger partial charge is 0.156 e. The quantitative estimate of drug-likeness (QED) is 0.660. The zero-order chi connectivity index (χ0) is 9.35. The minimum Gasteiger partial charge on any atom is -0.322 e. The van der Waals surface area contributed by atoms with Gasteiger partial charge < -0.3 is 5.73 Å². The fraction of sp³-hybridized carbons (Fsp3) is 0.750. The second-order valence-electron chi connectivity index (χ2n) is 4.08. The van der Waals surface area contributed by atoms with Gasteiger partial charge in [-0.25, -0.2) is 4.98 Å². The first-order valence-electron chi connectivity index (χ1n) is 4.09. The van der Waals surface area contributed by atoms with Crippen LogP contribution in [0.3, 0.4) is 0 Å². The first-order valence-corrected chi connectivity index (χ1v) is 4.09. The summed E-state index contributed by atoms with van der Waals surface area (Å²) in [6.07, 6.45) is 0. The molecule has 1 aromatic rings. The van der Waals surface area contributed by atoms with Crippen molar-refractivity contribution in [3.63, 3.8) is 0 Å². The van der Waals surface area contributed by atoms with Gasteiger partial charge in [0, 0.05) is 5.41 Å². The molecule has 4 heteroatoms. The first kappa shape index (κ1) is 9.19. The van der Waals surface area contributed by atoms with Gasteiger partial charge in [-0.2, -0.15) is 5.10 Å². The summed E-state index contributed by atoms with van der Waals surface area (Å²) in [4.78, 5) is 4.29. The van der Waals surface area contributed by atoms with E-state index in [1.54, 1.807) is 0 Å². The standard InChI is InChI=1S/C8H16N4/c1-5(9)6-10-7(12-11-6)8(2,3)4/h5H,9H2,1-4H3,(H,10,11,12)/t5-/m1/s1. The van der Waals surface area contributed by atoms with Crippen LogP contribution in [-0.4, -0.2) is 15.2 Å². The summed E-state index contributed by atoms with van der Waals surface area (Å²) in [6.45, 7) is 8.09. The van der Waals surface area contributed by atoms with Gasteiger partial charge in [-0.1, -0.05) is 20.8 Å². The molecule has 0 saturated heterocycles. The van der Waals surface area contributed by atoms with Crippen molar-refractivity contribution in [2.75, 3.05) is 0 Å². The number of aromatic nitrogens is 3. The minimum atomic E-state index is -0.0754. The second kappa shape index (κ2) is 2.86. The number of rotatable bonds is 1. The van der Waals surface area contributed by atoms with Gasteiger partial charge in [0.2, 0.25) is 0 Å². The van der Waals surface area contributed by atoms with E-state index in [1.807, 2.05) is 6.92 Å². The van der Waals surface area contributed by atoms with E-state index in [0.29, 0.717) is 0 Å². The number of hydrogen-bond acceptors (Lipinski definition) is 3. The molecule has 0 radical (unpaired) electrons. The van der Waals surface area contributed by atoms with Crippen molar-refractivity contribution in [1.82, 2.24) is 15.2 Å². The van der Waals surface area contributed by atoms with Crippen LogP contribution in [0.25, 0.3) is 0 Å². The van der Waals surface area contributed by atoms with Crippen molar-refractivity contribution in [2.24, 2.45) is 5.73 Å². The molecule has 0 aromatic carbocycles. The van der Waals surface area contributed by atoms with Gasteiger partial charge in [0.15, 0.2) is 5.82 Å². The molecule has 0 spiro atoms. The Morgan fingerprint density at radius 3 is 2.25 bits per heavy atom. The van der Waals surface area contributed by atoms with Gasteiger partial charge in [-0.15, -0.1) is 0 Å². The lowest BCUT2D eigenvalue weighted by atomic mass is 9.96. The summed E-state index contributed by atoms with van der Waals surface area (Å²) in [5.41, 5.74) is 5.63. The molecule has 0 fully saturated rings. The molecule has 0 aliphatic carbocycles. The Labute approximate surface area is 72.6 Å². The van der Waals surface area contributed by atoms with Crippen LogP contribution < -0.4 is 5.73 Å². The van der Waals surface area contributed by atoms with Crippen LogP contribution in [0, 0.1) is 0 Å². The zero-order valence-corrected chi connectivity index (χ0v) is 8.05. The average Bonchev–Trinajstić information content (AvgIpc) is 2.30. The third kappa shape index (κ3) is 1.82. The number of nitrogens with zero attached hydrogens (tertiary/aromatic N) is 2. The third-order valence-electron chi connectivity index (χ3n) is 1.60. The fourth-order valence-corrected chi connectivity index (χ4v) is 0.813. The molecule has 3 N–H and O–H groups in total. The van der Waals surface area contributed by atoms with Crippen LogP contribution in [0.5, 0.6) is 0 Å². The molecule has 1 rings (SSSR count). The monoisotopic (exact) mass is 168 g/mol. The van der Waals surface area contributed by atoms with Crippen LogP contribution in [-0.2, 0) is 5.41 Å². The Bertz CT molecular complexity index is 256. The molecular formula is C8H16N4. The summed E-state index contributed by atoms with van der Waals surface area (Å²) < 4.78 is 0. The highest BCUT2D eigenvalue weighted by molar-refractivity contribution is 5.03. The van der Waals surface area contributed by atoms with Crippen molar-refractivity contribution in [2.45, 2.75) is 39.2 Å². The Balaban J connectivity index is 2.92. The van der Waals surface area contributed by atoms with E-state index in [4.69, 9.17) is 5.73 Å². The summed E-state index contributed by atoms with van der Waals surface area (Å²) in [6, 6.07) is -0.0754. The van der Waals surface area contributed by atoms with Gasteiger partial charge in [0.1, 0.15) is 5.82 Å². The number of hydrogen-bond donors (Lipinski definition) is 2. The lowest BCUT2D eigenvalue weighted by Gasteiger charge is -2.12. The van der Waals surface area contributed by atoms with Crippen molar-refractivity contribution in [1.29, 1.82) is 0 Å². The molecule has 0 amide bonds. The van der Waals surface area contributed by atoms with Gasteiger partial charge in [0.05, 0.1) is 6.04 Å². The summed E-state index contributed by atoms with van der Waals surface area (Å²) in [5.74, 6) is 1.56. The predicted molar refractivity (Wildman–Crippen MR) is 47.7 cm³/mol. The molecule has 0 bridgehead atoms. The van der Waals surface area contributed by atoms with Gasteiger partial charge in [0.25, 0.3) is 0 Å². The van der Waals surface area contributed by atoms with Crippen LogP contribution in [0.2, 0.25) is 0 Å². The SMILES string of the molecule is C[C@@H](N)c1nc(C(C)(C)C)n[nH]1. The maximum absolute atomic E-state index is 5.64. The Hall–Kier alpha value is -0.900. The van der Waals surface area contributed by atoms with Crippen molar-refractivity contribution in [3.05, 3.63) is 11.6 Å². The van der Waals surface area contributed by atoms with Crippen LogP contribution in [0.15, 0.2) is 0 Å². The van der Waals surface area contributed by atoms with Gasteiger partial charge in [-0.3, -0.25) is 5.10 Å². The molecule has 0 saturated carbocycles. The van der Waals surface area contributed by atoms with E-state index in [2.05, 4.69) is 36.0 Å². The van der Waals surface area contributed by atoms with E-state index >= 15 is 0 Å².